The van der Waals surface area contributed by atoms with E-state index in [0.717, 1.165) is 19.3 Å². The molecule has 4 rings (SSSR count). The van der Waals surface area contributed by atoms with Gasteiger partial charge in [-0.05, 0) is 54.0 Å². The van der Waals surface area contributed by atoms with E-state index in [1.54, 1.807) is 31.4 Å². The average molecular weight is 394 g/mol. The van der Waals surface area contributed by atoms with Gasteiger partial charge in [0.2, 0.25) is 5.91 Å². The number of amides is 1. The molecule has 1 aliphatic carbocycles. The van der Waals surface area contributed by atoms with Gasteiger partial charge in [-0.15, -0.1) is 0 Å². The Bertz CT molecular complexity index is 1040. The first kappa shape index (κ1) is 19.3. The Morgan fingerprint density at radius 2 is 2.14 bits per heavy atom. The highest BCUT2D eigenvalue weighted by Gasteiger charge is 2.43. The van der Waals surface area contributed by atoms with Crippen LogP contribution in [0.5, 0.6) is 0 Å². The van der Waals surface area contributed by atoms with Crippen molar-refractivity contribution in [3.05, 3.63) is 58.3 Å². The zero-order chi connectivity index (χ0) is 20.5. The Kier molecular flexibility index (Phi) is 5.20. The second kappa shape index (κ2) is 7.80. The van der Waals surface area contributed by atoms with E-state index in [-0.39, 0.29) is 23.9 Å². The summed E-state index contributed by atoms with van der Waals surface area (Å²) in [6.45, 7) is 0. The maximum atomic E-state index is 14.7. The number of fused-ring (bicyclic) bond motifs is 2. The van der Waals surface area contributed by atoms with Gasteiger partial charge in [-0.1, -0.05) is 12.1 Å². The van der Waals surface area contributed by atoms with Crippen molar-refractivity contribution in [3.63, 3.8) is 0 Å². The molecule has 0 spiro atoms. The van der Waals surface area contributed by atoms with Crippen LogP contribution in [0.3, 0.4) is 0 Å². The van der Waals surface area contributed by atoms with Crippen LogP contribution in [-0.4, -0.2) is 28.6 Å². The van der Waals surface area contributed by atoms with Gasteiger partial charge >= 0.3 is 0 Å². The Labute approximate surface area is 168 Å². The van der Waals surface area contributed by atoms with Crippen molar-refractivity contribution in [1.82, 2.24) is 15.2 Å². The average Bonchev–Trinajstić information content (AvgIpc) is 3.34. The van der Waals surface area contributed by atoms with Crippen LogP contribution in [-0.2, 0) is 18.3 Å². The van der Waals surface area contributed by atoms with E-state index >= 15 is 0 Å². The number of hydrogen-bond donors (Lipinski definition) is 2. The fourth-order valence-corrected chi connectivity index (χ4v) is 4.38. The number of rotatable bonds is 5. The minimum Gasteiger partial charge on any atom is -0.339 e. The molecule has 150 valence electrons. The Morgan fingerprint density at radius 1 is 1.34 bits per heavy atom. The number of nitrogens with one attached hydrogen (secondary N) is 2. The number of aromatic nitrogens is 1. The van der Waals surface area contributed by atoms with Crippen molar-refractivity contribution in [2.24, 2.45) is 13.0 Å². The highest BCUT2D eigenvalue weighted by Crippen LogP contribution is 2.35. The van der Waals surface area contributed by atoms with Crippen LogP contribution < -0.4 is 16.2 Å². The zero-order valence-electron chi connectivity index (χ0n) is 16.2. The minimum atomic E-state index is -0.798. The summed E-state index contributed by atoms with van der Waals surface area (Å²) < 4.78 is 16.1. The number of nitriles is 1. The van der Waals surface area contributed by atoms with Crippen molar-refractivity contribution >= 4 is 5.91 Å². The Morgan fingerprint density at radius 3 is 2.76 bits per heavy atom. The molecule has 1 saturated heterocycles. The van der Waals surface area contributed by atoms with Crippen LogP contribution in [0.15, 0.2) is 41.3 Å². The first-order valence-electron chi connectivity index (χ1n) is 9.86. The molecule has 1 aromatic heterocycles. The molecule has 1 amide bonds. The first-order chi connectivity index (χ1) is 13.9. The lowest BCUT2D eigenvalue weighted by Gasteiger charge is -2.23. The summed E-state index contributed by atoms with van der Waals surface area (Å²) in [5, 5.41) is 15.5. The summed E-state index contributed by atoms with van der Waals surface area (Å²) in [6.07, 6.45) is 4.86. The lowest BCUT2D eigenvalue weighted by atomic mass is 9.98. The van der Waals surface area contributed by atoms with Gasteiger partial charge in [0.15, 0.2) is 0 Å². The summed E-state index contributed by atoms with van der Waals surface area (Å²) in [6, 6.07) is 9.30. The number of nitrogens with zero attached hydrogens (tertiary/aromatic N) is 2. The molecule has 2 N–H and O–H groups in total. The van der Waals surface area contributed by atoms with Gasteiger partial charge < -0.3 is 15.2 Å². The molecule has 4 atom stereocenters. The lowest BCUT2D eigenvalue weighted by molar-refractivity contribution is -0.124. The predicted molar refractivity (Wildman–Crippen MR) is 106 cm³/mol. The summed E-state index contributed by atoms with van der Waals surface area (Å²) in [5.74, 6) is -0.314. The lowest BCUT2D eigenvalue weighted by Crippen LogP contribution is -2.50. The molecule has 2 heterocycles. The number of hydrogen-bond acceptors (Lipinski definition) is 4. The fraction of sp³-hybridized carbons (Fsp3) is 0.409. The number of pyridine rings is 1. The van der Waals surface area contributed by atoms with Crippen molar-refractivity contribution < 1.29 is 9.18 Å². The predicted octanol–water partition coefficient (Wildman–Crippen LogP) is 1.88. The maximum Gasteiger partial charge on any atom is 0.250 e. The minimum absolute atomic E-state index is 0.0890. The number of piperidine rings is 1. The van der Waals surface area contributed by atoms with Crippen LogP contribution in [0, 0.1) is 23.1 Å². The molecule has 2 aliphatic rings. The van der Waals surface area contributed by atoms with E-state index in [0.29, 0.717) is 28.7 Å². The molecule has 1 aromatic carbocycles. The van der Waals surface area contributed by atoms with Crippen molar-refractivity contribution in [2.45, 2.75) is 43.8 Å². The molecule has 2 aromatic rings. The quantitative estimate of drug-likeness (QED) is 0.811. The van der Waals surface area contributed by atoms with E-state index in [9.17, 15) is 19.2 Å². The monoisotopic (exact) mass is 394 g/mol. The highest BCUT2D eigenvalue weighted by atomic mass is 19.1. The van der Waals surface area contributed by atoms with E-state index in [4.69, 9.17) is 0 Å². The smallest absolute Gasteiger partial charge is 0.250 e. The zero-order valence-corrected chi connectivity index (χ0v) is 16.2. The summed E-state index contributed by atoms with van der Waals surface area (Å²) in [4.78, 5) is 24.3. The maximum absolute atomic E-state index is 14.7. The van der Waals surface area contributed by atoms with Gasteiger partial charge in [0, 0.05) is 31.8 Å². The SMILES string of the molecule is Cn1ccc(-c2ccc(C[C@@H](C#N)NC(=O)[C@H]3N[C@@H]4CC[C@H]3C4)c(F)c2)cc1=O. The van der Waals surface area contributed by atoms with Gasteiger partial charge in [0.25, 0.3) is 5.56 Å². The molecule has 29 heavy (non-hydrogen) atoms. The first-order valence-corrected chi connectivity index (χ1v) is 9.86. The molecule has 0 unspecified atom stereocenters. The van der Waals surface area contributed by atoms with E-state index < -0.39 is 11.9 Å². The van der Waals surface area contributed by atoms with Crippen LogP contribution >= 0.6 is 0 Å². The molecular weight excluding hydrogens is 371 g/mol. The fourth-order valence-electron chi connectivity index (χ4n) is 4.38. The number of carbonyl (C=O) groups excluding carboxylic acids is 1. The molecule has 6 nitrogen and oxygen atoms in total. The molecule has 2 fully saturated rings. The van der Waals surface area contributed by atoms with Gasteiger partial charge in [0.1, 0.15) is 11.9 Å². The Hall–Kier alpha value is -2.98. The summed E-state index contributed by atoms with van der Waals surface area (Å²) >= 11 is 0. The van der Waals surface area contributed by atoms with Gasteiger partial charge in [-0.3, -0.25) is 9.59 Å². The normalized spacial score (nSPS) is 23.6. The molecule has 7 heteroatoms. The van der Waals surface area contributed by atoms with E-state index in [1.165, 1.54) is 16.7 Å². The number of carbonyl (C=O) groups is 1. The van der Waals surface area contributed by atoms with Crippen LogP contribution in [0.2, 0.25) is 0 Å². The van der Waals surface area contributed by atoms with E-state index in [1.807, 2.05) is 0 Å². The number of aryl methyl sites for hydroxylation is 1. The van der Waals surface area contributed by atoms with Crippen LogP contribution in [0.4, 0.5) is 4.39 Å². The standard InChI is InChI=1S/C22H23FN4O2/c1-27-7-6-14(11-20(27)28)13-2-3-15(19(23)10-13)8-18(12-24)26-22(29)21-16-4-5-17(9-16)25-21/h2-3,6-7,10-11,16-18,21,25H,4-5,8-9H2,1H3,(H,26,29)/t16-,17+,18-,21-/m0/s1. The molecule has 1 saturated carbocycles. The Balaban J connectivity index is 1.45. The second-order valence-electron chi connectivity index (χ2n) is 7.98. The summed E-state index contributed by atoms with van der Waals surface area (Å²) in [7, 11) is 1.65. The van der Waals surface area contributed by atoms with Crippen LogP contribution in [0.1, 0.15) is 24.8 Å². The third-order valence-electron chi connectivity index (χ3n) is 6.03. The number of benzene rings is 1. The van der Waals surface area contributed by atoms with Gasteiger partial charge in [-0.2, -0.15) is 5.26 Å². The van der Waals surface area contributed by atoms with Gasteiger partial charge in [0.05, 0.1) is 12.1 Å². The highest BCUT2D eigenvalue weighted by molar-refractivity contribution is 5.83. The number of halogens is 1. The third-order valence-corrected chi connectivity index (χ3v) is 6.03. The topological polar surface area (TPSA) is 86.9 Å². The third kappa shape index (κ3) is 3.94. The van der Waals surface area contributed by atoms with Crippen molar-refractivity contribution in [2.75, 3.05) is 0 Å². The van der Waals surface area contributed by atoms with Crippen molar-refractivity contribution in [1.29, 1.82) is 5.26 Å². The molecule has 1 aliphatic heterocycles. The molecule has 0 radical (unpaired) electrons. The van der Waals surface area contributed by atoms with Crippen molar-refractivity contribution in [3.8, 4) is 17.2 Å². The second-order valence-corrected chi connectivity index (χ2v) is 7.98. The largest absolute Gasteiger partial charge is 0.339 e. The van der Waals surface area contributed by atoms with Gasteiger partial charge in [-0.25, -0.2) is 4.39 Å². The molecular formula is C22H23FN4O2. The molecule has 2 bridgehead atoms. The summed E-state index contributed by atoms with van der Waals surface area (Å²) in [5.41, 5.74) is 1.40. The van der Waals surface area contributed by atoms with E-state index in [2.05, 4.69) is 16.7 Å². The van der Waals surface area contributed by atoms with Crippen LogP contribution in [0.25, 0.3) is 11.1 Å².